The van der Waals surface area contributed by atoms with Crippen molar-refractivity contribution in [2.75, 3.05) is 6.54 Å². The second-order valence-electron chi connectivity index (χ2n) is 3.39. The molecule has 0 saturated carbocycles. The third-order valence-electron chi connectivity index (χ3n) is 2.08. The van der Waals surface area contributed by atoms with Crippen molar-refractivity contribution in [1.82, 2.24) is 4.72 Å². The van der Waals surface area contributed by atoms with Gasteiger partial charge in [-0.1, -0.05) is 22.0 Å². The molecule has 0 atom stereocenters. The number of nitrogens with one attached hydrogen (secondary N) is 1. The minimum atomic E-state index is -3.39. The quantitative estimate of drug-likeness (QED) is 0.671. The van der Waals surface area contributed by atoms with Crippen LogP contribution in [0.25, 0.3) is 0 Å². The molecule has 0 spiro atoms. The Kier molecular flexibility index (Phi) is 4.70. The lowest BCUT2D eigenvalue weighted by atomic mass is 10.2. The van der Waals surface area contributed by atoms with Crippen molar-refractivity contribution < 1.29 is 8.42 Å². The van der Waals surface area contributed by atoms with Gasteiger partial charge in [0, 0.05) is 11.0 Å². The summed E-state index contributed by atoms with van der Waals surface area (Å²) in [6.07, 6.45) is 2.30. The lowest BCUT2D eigenvalue weighted by Crippen LogP contribution is -2.24. The van der Waals surface area contributed by atoms with E-state index >= 15 is 0 Å². The van der Waals surface area contributed by atoms with E-state index in [1.807, 2.05) is 6.92 Å². The minimum absolute atomic E-state index is 0.289. The molecule has 1 rings (SSSR count). The molecule has 3 nitrogen and oxygen atoms in total. The van der Waals surface area contributed by atoms with Crippen LogP contribution in [0.2, 0.25) is 0 Å². The van der Waals surface area contributed by atoms with Crippen LogP contribution in [0, 0.1) is 6.92 Å². The first-order valence-electron chi connectivity index (χ1n) is 4.84. The summed E-state index contributed by atoms with van der Waals surface area (Å²) < 4.78 is 27.0. The van der Waals surface area contributed by atoms with Gasteiger partial charge >= 0.3 is 0 Å². The van der Waals surface area contributed by atoms with E-state index in [-0.39, 0.29) is 4.90 Å². The van der Waals surface area contributed by atoms with E-state index in [1.165, 1.54) is 0 Å². The van der Waals surface area contributed by atoms with Crippen LogP contribution >= 0.6 is 15.9 Å². The third-order valence-corrected chi connectivity index (χ3v) is 4.43. The Morgan fingerprint density at radius 2 is 2.19 bits per heavy atom. The third kappa shape index (κ3) is 3.43. The maximum Gasteiger partial charge on any atom is 0.240 e. The summed E-state index contributed by atoms with van der Waals surface area (Å²) >= 11 is 3.33. The molecule has 1 aromatic carbocycles. The van der Waals surface area contributed by atoms with Crippen LogP contribution in [0.5, 0.6) is 0 Å². The fraction of sp³-hybridized carbons (Fsp3) is 0.273. The minimum Gasteiger partial charge on any atom is -0.211 e. The molecule has 0 amide bonds. The first-order chi connectivity index (χ1) is 7.47. The molecular formula is C11H14BrNO2S. The molecule has 16 heavy (non-hydrogen) atoms. The Labute approximate surface area is 105 Å². The fourth-order valence-electron chi connectivity index (χ4n) is 1.16. The molecule has 1 aromatic rings. The highest BCUT2D eigenvalue weighted by molar-refractivity contribution is 9.10. The molecule has 0 bridgehead atoms. The van der Waals surface area contributed by atoms with Gasteiger partial charge in [-0.3, -0.25) is 0 Å². The topological polar surface area (TPSA) is 46.2 Å². The summed E-state index contributed by atoms with van der Waals surface area (Å²) in [4.78, 5) is 0.289. The van der Waals surface area contributed by atoms with Gasteiger partial charge in [-0.05, 0) is 37.1 Å². The number of benzene rings is 1. The van der Waals surface area contributed by atoms with E-state index in [9.17, 15) is 8.42 Å². The number of hydrogen-bond donors (Lipinski definition) is 1. The van der Waals surface area contributed by atoms with Crippen LogP contribution in [0.1, 0.15) is 12.0 Å². The van der Waals surface area contributed by atoms with Crippen molar-refractivity contribution in [3.63, 3.8) is 0 Å². The molecule has 0 radical (unpaired) electrons. The van der Waals surface area contributed by atoms with Crippen molar-refractivity contribution in [3.8, 4) is 0 Å². The zero-order valence-electron chi connectivity index (χ0n) is 9.03. The van der Waals surface area contributed by atoms with Crippen LogP contribution in [0.3, 0.4) is 0 Å². The second-order valence-corrected chi connectivity index (χ2v) is 6.01. The van der Waals surface area contributed by atoms with E-state index in [4.69, 9.17) is 0 Å². The van der Waals surface area contributed by atoms with Crippen LogP contribution in [-0.2, 0) is 10.0 Å². The molecule has 0 saturated heterocycles. The number of rotatable bonds is 5. The first kappa shape index (κ1) is 13.4. The number of sulfonamides is 1. The highest BCUT2D eigenvalue weighted by Crippen LogP contribution is 2.19. The van der Waals surface area contributed by atoms with Crippen molar-refractivity contribution in [3.05, 3.63) is 40.9 Å². The zero-order valence-corrected chi connectivity index (χ0v) is 11.4. The summed E-state index contributed by atoms with van der Waals surface area (Å²) in [5.74, 6) is 0. The van der Waals surface area contributed by atoms with Crippen LogP contribution < -0.4 is 4.72 Å². The molecule has 0 aliphatic carbocycles. The molecular weight excluding hydrogens is 290 g/mol. The molecule has 1 N–H and O–H groups in total. The summed E-state index contributed by atoms with van der Waals surface area (Å²) in [6, 6.07) is 4.95. The van der Waals surface area contributed by atoms with Crippen molar-refractivity contribution in [1.29, 1.82) is 0 Å². The molecule has 5 heteroatoms. The molecule has 0 aromatic heterocycles. The van der Waals surface area contributed by atoms with Gasteiger partial charge in [0.2, 0.25) is 10.0 Å². The van der Waals surface area contributed by atoms with E-state index in [0.29, 0.717) is 13.0 Å². The maximum atomic E-state index is 11.8. The predicted molar refractivity (Wildman–Crippen MR) is 68.9 cm³/mol. The Hall–Kier alpha value is -0.650. The lowest BCUT2D eigenvalue weighted by Gasteiger charge is -2.07. The van der Waals surface area contributed by atoms with Crippen LogP contribution in [0.4, 0.5) is 0 Å². The summed E-state index contributed by atoms with van der Waals surface area (Å²) in [7, 11) is -3.39. The summed E-state index contributed by atoms with van der Waals surface area (Å²) in [5.41, 5.74) is 0.895. The van der Waals surface area contributed by atoms with Crippen molar-refractivity contribution in [2.24, 2.45) is 0 Å². The Morgan fingerprint density at radius 1 is 1.50 bits per heavy atom. The van der Waals surface area contributed by atoms with Gasteiger partial charge in [-0.2, -0.15) is 0 Å². The van der Waals surface area contributed by atoms with E-state index in [0.717, 1.165) is 10.0 Å². The van der Waals surface area contributed by atoms with Crippen molar-refractivity contribution in [2.45, 2.75) is 18.2 Å². The Balaban J connectivity index is 2.90. The Bertz CT molecular complexity index is 483. The maximum absolute atomic E-state index is 11.8. The number of halogens is 1. The average Bonchev–Trinajstić information content (AvgIpc) is 2.22. The van der Waals surface area contributed by atoms with Gasteiger partial charge < -0.3 is 0 Å². The second kappa shape index (κ2) is 5.61. The molecule has 0 heterocycles. The first-order valence-corrected chi connectivity index (χ1v) is 7.11. The predicted octanol–water partition coefficient (Wildman–Crippen LogP) is 2.61. The van der Waals surface area contributed by atoms with Gasteiger partial charge in [0.1, 0.15) is 0 Å². The number of aryl methyl sites for hydroxylation is 1. The van der Waals surface area contributed by atoms with Gasteiger partial charge in [0.05, 0.1) is 4.90 Å². The van der Waals surface area contributed by atoms with E-state index < -0.39 is 10.0 Å². The molecule has 88 valence electrons. The van der Waals surface area contributed by atoms with Gasteiger partial charge in [-0.25, -0.2) is 13.1 Å². The Morgan fingerprint density at radius 3 is 2.75 bits per heavy atom. The summed E-state index contributed by atoms with van der Waals surface area (Å²) in [5, 5.41) is 0. The molecule has 0 fully saturated rings. The molecule has 0 aliphatic rings. The van der Waals surface area contributed by atoms with E-state index in [2.05, 4.69) is 27.2 Å². The SMILES string of the molecule is C=CCCNS(=O)(=O)c1ccc(Br)c(C)c1. The average molecular weight is 304 g/mol. The molecule has 0 aliphatic heterocycles. The summed E-state index contributed by atoms with van der Waals surface area (Å²) in [6.45, 7) is 5.77. The highest BCUT2D eigenvalue weighted by Gasteiger charge is 2.13. The fourth-order valence-corrected chi connectivity index (χ4v) is 2.54. The number of hydrogen-bond acceptors (Lipinski definition) is 2. The zero-order chi connectivity index (χ0) is 12.2. The van der Waals surface area contributed by atoms with Crippen molar-refractivity contribution >= 4 is 26.0 Å². The van der Waals surface area contributed by atoms with Gasteiger partial charge in [0.15, 0.2) is 0 Å². The van der Waals surface area contributed by atoms with Gasteiger partial charge in [-0.15, -0.1) is 6.58 Å². The lowest BCUT2D eigenvalue weighted by molar-refractivity contribution is 0.582. The molecule has 0 unspecified atom stereocenters. The standard InChI is InChI=1S/C11H14BrNO2S/c1-3-4-7-13-16(14,15)10-5-6-11(12)9(2)8-10/h3,5-6,8,13H,1,4,7H2,2H3. The van der Waals surface area contributed by atoms with Gasteiger partial charge in [0.25, 0.3) is 0 Å². The van der Waals surface area contributed by atoms with E-state index in [1.54, 1.807) is 24.3 Å². The largest absolute Gasteiger partial charge is 0.240 e. The normalized spacial score (nSPS) is 11.4. The highest BCUT2D eigenvalue weighted by atomic mass is 79.9. The van der Waals surface area contributed by atoms with Crippen LogP contribution in [-0.4, -0.2) is 15.0 Å². The smallest absolute Gasteiger partial charge is 0.211 e. The van der Waals surface area contributed by atoms with Crippen LogP contribution in [0.15, 0.2) is 40.2 Å². The monoisotopic (exact) mass is 303 g/mol.